The van der Waals surface area contributed by atoms with Gasteiger partial charge >= 0.3 is 6.03 Å². The Labute approximate surface area is 189 Å². The van der Waals surface area contributed by atoms with Crippen LogP contribution in [0.1, 0.15) is 20.8 Å². The van der Waals surface area contributed by atoms with Crippen LogP contribution in [0.3, 0.4) is 0 Å². The molecule has 0 aliphatic carbocycles. The van der Waals surface area contributed by atoms with Gasteiger partial charge < -0.3 is 15.4 Å². The number of nitrogens with one attached hydrogen (secondary N) is 3. The largest absolute Gasteiger partial charge is 0.457 e. The molecule has 8 nitrogen and oxygen atoms in total. The lowest BCUT2D eigenvalue weighted by Crippen LogP contribution is -2.34. The van der Waals surface area contributed by atoms with E-state index in [1.807, 2.05) is 0 Å². The summed E-state index contributed by atoms with van der Waals surface area (Å²) in [4.78, 5) is 40.2. The normalized spacial score (nSPS) is 10.0. The zero-order valence-corrected chi connectivity index (χ0v) is 17.6. The fourth-order valence-electron chi connectivity index (χ4n) is 2.57. The molecule has 3 aromatic rings. The first-order valence-electron chi connectivity index (χ1n) is 9.46. The highest BCUT2D eigenvalue weighted by Gasteiger charge is 2.13. The zero-order valence-electron chi connectivity index (χ0n) is 16.8. The third kappa shape index (κ3) is 6.16. The maximum atomic E-state index is 12.1. The summed E-state index contributed by atoms with van der Waals surface area (Å²) in [5.41, 5.74) is 0.853. The van der Waals surface area contributed by atoms with Crippen molar-refractivity contribution in [2.45, 2.75) is 0 Å². The number of hydrogen-bond donors (Lipinski definition) is 3. The van der Waals surface area contributed by atoms with Crippen molar-refractivity contribution in [3.05, 3.63) is 95.8 Å². The number of rotatable bonds is 7. The van der Waals surface area contributed by atoms with Crippen molar-refractivity contribution in [2.75, 3.05) is 11.9 Å². The highest BCUT2D eigenvalue weighted by molar-refractivity contribution is 6.34. The lowest BCUT2D eigenvalue weighted by Gasteiger charge is -2.10. The van der Waals surface area contributed by atoms with Gasteiger partial charge in [-0.25, -0.2) is 4.79 Å². The molecule has 0 atom stereocenters. The number of amides is 4. The van der Waals surface area contributed by atoms with Crippen molar-refractivity contribution in [3.8, 4) is 11.5 Å². The van der Waals surface area contributed by atoms with Crippen molar-refractivity contribution in [2.24, 2.45) is 0 Å². The predicted molar refractivity (Wildman–Crippen MR) is 121 cm³/mol. The highest BCUT2D eigenvalue weighted by atomic mass is 35.5. The molecular weight excluding hydrogens is 432 g/mol. The Balaban J connectivity index is 1.58. The van der Waals surface area contributed by atoms with Crippen LogP contribution in [0.15, 0.2) is 79.5 Å². The molecule has 0 bridgehead atoms. The number of hydrogen-bond acceptors (Lipinski definition) is 5. The van der Waals surface area contributed by atoms with E-state index in [9.17, 15) is 14.4 Å². The Bertz CT molecular complexity index is 1150. The summed E-state index contributed by atoms with van der Waals surface area (Å²) in [5.74, 6) is -0.0507. The molecule has 32 heavy (non-hydrogen) atoms. The van der Waals surface area contributed by atoms with Crippen molar-refractivity contribution < 1.29 is 19.1 Å². The summed E-state index contributed by atoms with van der Waals surface area (Å²) >= 11 is 5.96. The Hall–Kier alpha value is -4.17. The van der Waals surface area contributed by atoms with E-state index in [1.54, 1.807) is 54.6 Å². The number of nitrogens with zero attached hydrogens (tertiary/aromatic N) is 1. The highest BCUT2D eigenvalue weighted by Crippen LogP contribution is 2.23. The third-order valence-electron chi connectivity index (χ3n) is 4.06. The van der Waals surface area contributed by atoms with Crippen LogP contribution in [-0.2, 0) is 0 Å². The van der Waals surface area contributed by atoms with Crippen LogP contribution in [0.25, 0.3) is 0 Å². The van der Waals surface area contributed by atoms with E-state index < -0.39 is 11.9 Å². The van der Waals surface area contributed by atoms with Crippen LogP contribution in [0.4, 0.5) is 10.5 Å². The average molecular weight is 451 g/mol. The Morgan fingerprint density at radius 3 is 2.47 bits per heavy atom. The number of halogens is 1. The van der Waals surface area contributed by atoms with E-state index in [-0.39, 0.29) is 22.2 Å². The van der Waals surface area contributed by atoms with Crippen molar-refractivity contribution >= 4 is 35.1 Å². The van der Waals surface area contributed by atoms with E-state index in [1.165, 1.54) is 18.3 Å². The fraction of sp³-hybridized carbons (Fsp3) is 0.0435. The Morgan fingerprint density at radius 1 is 1.00 bits per heavy atom. The number of aromatic nitrogens is 1. The zero-order chi connectivity index (χ0) is 22.9. The van der Waals surface area contributed by atoms with Gasteiger partial charge in [-0.2, -0.15) is 0 Å². The molecule has 0 fully saturated rings. The molecule has 0 aliphatic rings. The summed E-state index contributed by atoms with van der Waals surface area (Å²) in [6, 6.07) is 15.3. The van der Waals surface area contributed by atoms with Gasteiger partial charge in [0, 0.05) is 24.5 Å². The molecule has 0 spiro atoms. The fourth-order valence-corrected chi connectivity index (χ4v) is 2.80. The average Bonchev–Trinajstić information content (AvgIpc) is 2.79. The maximum absolute atomic E-state index is 12.1. The molecule has 162 valence electrons. The van der Waals surface area contributed by atoms with Crippen molar-refractivity contribution in [1.82, 2.24) is 15.6 Å². The lowest BCUT2D eigenvalue weighted by molar-refractivity contribution is 0.0948. The number of benzene rings is 2. The molecule has 0 radical (unpaired) electrons. The molecule has 3 rings (SSSR count). The molecule has 0 saturated heterocycles. The van der Waals surface area contributed by atoms with Gasteiger partial charge in [0.25, 0.3) is 11.8 Å². The van der Waals surface area contributed by atoms with Crippen LogP contribution in [0.2, 0.25) is 5.02 Å². The minimum absolute atomic E-state index is 0.197. The van der Waals surface area contributed by atoms with Gasteiger partial charge in [-0.1, -0.05) is 29.8 Å². The Morgan fingerprint density at radius 2 is 1.75 bits per heavy atom. The third-order valence-corrected chi connectivity index (χ3v) is 4.39. The molecular formula is C23H19ClN4O4. The van der Waals surface area contributed by atoms with Gasteiger partial charge in [0.15, 0.2) is 0 Å². The molecule has 4 amide bonds. The van der Waals surface area contributed by atoms with Crippen molar-refractivity contribution in [1.29, 1.82) is 0 Å². The first kappa shape index (κ1) is 22.5. The van der Waals surface area contributed by atoms with Gasteiger partial charge in [0.05, 0.1) is 10.6 Å². The van der Waals surface area contributed by atoms with Crippen molar-refractivity contribution in [3.63, 3.8) is 0 Å². The molecule has 3 N–H and O–H groups in total. The van der Waals surface area contributed by atoms with Crippen LogP contribution in [0.5, 0.6) is 11.5 Å². The number of anilines is 1. The van der Waals surface area contributed by atoms with E-state index >= 15 is 0 Å². The first-order valence-corrected chi connectivity index (χ1v) is 9.84. The minimum Gasteiger partial charge on any atom is -0.457 e. The molecule has 1 heterocycles. The van der Waals surface area contributed by atoms with Crippen LogP contribution < -0.4 is 20.7 Å². The van der Waals surface area contributed by atoms with Crippen LogP contribution in [0, 0.1) is 0 Å². The molecule has 1 aromatic heterocycles. The predicted octanol–water partition coefficient (Wildman–Crippen LogP) is 4.41. The monoisotopic (exact) mass is 450 g/mol. The molecule has 9 heteroatoms. The molecule has 2 aromatic carbocycles. The standard InChI is InChI=1S/C23H19ClN4O4/c1-2-12-26-22(30)20-14-17(11-13-25-20)32-16-9-7-15(8-10-16)27-23(31)28-21(29)18-5-3-4-6-19(18)24/h2-11,13-14H,1,12H2,(H,26,30)(H2,27,28,29,31). The summed E-state index contributed by atoms with van der Waals surface area (Å²) in [7, 11) is 0. The maximum Gasteiger partial charge on any atom is 0.326 e. The second kappa shape index (κ2) is 10.7. The minimum atomic E-state index is -0.701. The number of carbonyl (C=O) groups is 3. The summed E-state index contributed by atoms with van der Waals surface area (Å²) in [6.07, 6.45) is 3.04. The van der Waals surface area contributed by atoms with Gasteiger partial charge in [0.2, 0.25) is 0 Å². The van der Waals surface area contributed by atoms with Gasteiger partial charge in [-0.3, -0.25) is 19.9 Å². The number of imide groups is 1. The molecule has 0 saturated carbocycles. The second-order valence-electron chi connectivity index (χ2n) is 6.39. The quantitative estimate of drug-likeness (QED) is 0.462. The lowest BCUT2D eigenvalue weighted by atomic mass is 10.2. The van der Waals surface area contributed by atoms with E-state index in [0.717, 1.165) is 0 Å². The summed E-state index contributed by atoms with van der Waals surface area (Å²) < 4.78 is 5.73. The van der Waals surface area contributed by atoms with E-state index in [4.69, 9.17) is 16.3 Å². The van der Waals surface area contributed by atoms with Gasteiger partial charge in [-0.15, -0.1) is 6.58 Å². The second-order valence-corrected chi connectivity index (χ2v) is 6.80. The smallest absolute Gasteiger partial charge is 0.326 e. The molecule has 0 unspecified atom stereocenters. The number of ether oxygens (including phenoxy) is 1. The summed E-state index contributed by atoms with van der Waals surface area (Å²) in [5, 5.41) is 7.66. The van der Waals surface area contributed by atoms with Crippen LogP contribution >= 0.6 is 11.6 Å². The van der Waals surface area contributed by atoms with Gasteiger partial charge in [-0.05, 0) is 42.5 Å². The van der Waals surface area contributed by atoms with Gasteiger partial charge in [0.1, 0.15) is 17.2 Å². The number of pyridine rings is 1. The Kier molecular flexibility index (Phi) is 7.55. The summed E-state index contributed by atoms with van der Waals surface area (Å²) in [6.45, 7) is 3.87. The SMILES string of the molecule is C=CCNC(=O)c1cc(Oc2ccc(NC(=O)NC(=O)c3ccccc3Cl)cc2)ccn1. The van der Waals surface area contributed by atoms with E-state index in [0.29, 0.717) is 23.7 Å². The number of urea groups is 1. The topological polar surface area (TPSA) is 109 Å². The molecule has 0 aliphatic heterocycles. The number of carbonyl (C=O) groups excluding carboxylic acids is 3. The first-order chi connectivity index (χ1) is 15.5. The van der Waals surface area contributed by atoms with Crippen LogP contribution in [-0.4, -0.2) is 29.4 Å². The van der Waals surface area contributed by atoms with E-state index in [2.05, 4.69) is 27.5 Å².